The molecule has 178 valence electrons. The van der Waals surface area contributed by atoms with Crippen molar-refractivity contribution in [1.82, 2.24) is 9.97 Å². The Labute approximate surface area is 200 Å². The number of carbonyl (C=O) groups is 1. The molecule has 4 rings (SSSR count). The Morgan fingerprint density at radius 2 is 1.97 bits per heavy atom. The van der Waals surface area contributed by atoms with Crippen LogP contribution in [0.4, 0.5) is 5.82 Å². The molecule has 1 aromatic carbocycles. The number of thioether (sulfide) groups is 1. The summed E-state index contributed by atoms with van der Waals surface area (Å²) >= 11 is 1.98. The molecule has 2 fully saturated rings. The minimum absolute atomic E-state index is 0.0285. The number of anilines is 1. The Bertz CT molecular complexity index is 925. The predicted octanol–water partition coefficient (Wildman–Crippen LogP) is 4.93. The van der Waals surface area contributed by atoms with Gasteiger partial charge in [-0.2, -0.15) is 0 Å². The van der Waals surface area contributed by atoms with Gasteiger partial charge < -0.3 is 15.2 Å². The van der Waals surface area contributed by atoms with E-state index in [2.05, 4.69) is 47.3 Å². The summed E-state index contributed by atoms with van der Waals surface area (Å²) in [4.78, 5) is 23.5. The van der Waals surface area contributed by atoms with E-state index in [0.29, 0.717) is 29.8 Å². The minimum Gasteiger partial charge on any atom is -0.396 e. The molecule has 2 heterocycles. The fourth-order valence-electron chi connectivity index (χ4n) is 4.29. The fraction of sp³-hybridized carbons (Fsp3) is 0.577. The molecule has 2 aromatic rings. The molecule has 1 aliphatic carbocycles. The van der Waals surface area contributed by atoms with Crippen LogP contribution in [0.15, 0.2) is 35.5 Å². The van der Waals surface area contributed by atoms with Gasteiger partial charge in [-0.15, -0.1) is 11.8 Å². The standard InChI is InChI=1S/C26H35N3O3S/c1-17(2)22-14-19(3-6-24(22)33-21-4-5-21)23(13-18-8-11-32-12-9-18)26(31)29-25-16-27-20(7-10-30)15-28-25/h3,6,14-18,21,23,30H,4-5,7-13H2,1-2H3,(H,28,29,31)/t23-/m1/s1. The lowest BCUT2D eigenvalue weighted by molar-refractivity contribution is -0.118. The van der Waals surface area contributed by atoms with Gasteiger partial charge >= 0.3 is 0 Å². The predicted molar refractivity (Wildman–Crippen MR) is 132 cm³/mol. The number of aliphatic hydroxyl groups excluding tert-OH is 1. The van der Waals surface area contributed by atoms with Crippen molar-refractivity contribution in [2.24, 2.45) is 5.92 Å². The van der Waals surface area contributed by atoms with E-state index in [1.165, 1.54) is 23.3 Å². The molecule has 7 heteroatoms. The van der Waals surface area contributed by atoms with E-state index >= 15 is 0 Å². The van der Waals surface area contributed by atoms with Crippen LogP contribution in [0, 0.1) is 5.92 Å². The third-order valence-electron chi connectivity index (χ3n) is 6.43. The summed E-state index contributed by atoms with van der Waals surface area (Å²) in [6, 6.07) is 6.63. The van der Waals surface area contributed by atoms with E-state index < -0.39 is 0 Å². The maximum atomic E-state index is 13.5. The first-order valence-corrected chi connectivity index (χ1v) is 13.0. The molecule has 1 aromatic heterocycles. The fourth-order valence-corrected chi connectivity index (χ4v) is 5.60. The van der Waals surface area contributed by atoms with Gasteiger partial charge in [0.15, 0.2) is 5.82 Å². The Balaban J connectivity index is 1.56. The molecule has 1 saturated heterocycles. The highest BCUT2D eigenvalue weighted by Gasteiger charge is 2.29. The van der Waals surface area contributed by atoms with Crippen LogP contribution in [0.5, 0.6) is 0 Å². The summed E-state index contributed by atoms with van der Waals surface area (Å²) in [5.74, 6) is 1.04. The molecule has 0 spiro atoms. The summed E-state index contributed by atoms with van der Waals surface area (Å²) in [5, 5.41) is 12.8. The highest BCUT2D eigenvalue weighted by atomic mass is 32.2. The molecule has 0 bridgehead atoms. The van der Waals surface area contributed by atoms with Crippen LogP contribution in [0.3, 0.4) is 0 Å². The third-order valence-corrected chi connectivity index (χ3v) is 7.86. The maximum Gasteiger partial charge on any atom is 0.233 e. The number of rotatable bonds is 10. The number of nitrogens with one attached hydrogen (secondary N) is 1. The Kier molecular flexibility index (Phi) is 8.39. The van der Waals surface area contributed by atoms with Gasteiger partial charge in [0.1, 0.15) is 0 Å². The molecule has 1 atom stereocenters. The molecule has 0 unspecified atom stereocenters. The van der Waals surface area contributed by atoms with Crippen molar-refractivity contribution in [1.29, 1.82) is 0 Å². The van der Waals surface area contributed by atoms with Crippen molar-refractivity contribution in [2.75, 3.05) is 25.1 Å². The average Bonchev–Trinajstić information content (AvgIpc) is 3.64. The van der Waals surface area contributed by atoms with Gasteiger partial charge in [0, 0.05) is 36.4 Å². The monoisotopic (exact) mass is 469 g/mol. The number of benzene rings is 1. The van der Waals surface area contributed by atoms with E-state index in [4.69, 9.17) is 9.84 Å². The van der Waals surface area contributed by atoms with E-state index in [1.807, 2.05) is 11.8 Å². The maximum absolute atomic E-state index is 13.5. The molecule has 1 aliphatic heterocycles. The molecule has 2 aliphatic rings. The van der Waals surface area contributed by atoms with Crippen LogP contribution < -0.4 is 5.32 Å². The van der Waals surface area contributed by atoms with Gasteiger partial charge in [-0.25, -0.2) is 4.98 Å². The molecular formula is C26H35N3O3S. The second-order valence-electron chi connectivity index (χ2n) is 9.47. The van der Waals surface area contributed by atoms with Crippen LogP contribution in [-0.4, -0.2) is 46.1 Å². The highest BCUT2D eigenvalue weighted by Crippen LogP contribution is 2.43. The number of ether oxygens (including phenoxy) is 1. The van der Waals surface area contributed by atoms with Crippen LogP contribution in [0.1, 0.15) is 74.6 Å². The number of aromatic nitrogens is 2. The first-order chi connectivity index (χ1) is 16.0. The minimum atomic E-state index is -0.246. The second-order valence-corrected chi connectivity index (χ2v) is 10.8. The summed E-state index contributed by atoms with van der Waals surface area (Å²) < 4.78 is 5.54. The van der Waals surface area contributed by atoms with Crippen molar-refractivity contribution < 1.29 is 14.6 Å². The molecule has 6 nitrogen and oxygen atoms in total. The lowest BCUT2D eigenvalue weighted by Crippen LogP contribution is -2.26. The van der Waals surface area contributed by atoms with Gasteiger partial charge in [0.2, 0.25) is 5.91 Å². The molecule has 2 N–H and O–H groups in total. The number of nitrogens with zero attached hydrogens (tertiary/aromatic N) is 2. The largest absolute Gasteiger partial charge is 0.396 e. The summed E-state index contributed by atoms with van der Waals surface area (Å²) in [6.45, 7) is 6.02. The van der Waals surface area contributed by atoms with Crippen molar-refractivity contribution in [3.05, 3.63) is 47.4 Å². The van der Waals surface area contributed by atoms with Crippen LogP contribution in [0.25, 0.3) is 0 Å². The van der Waals surface area contributed by atoms with Gasteiger partial charge in [-0.3, -0.25) is 9.78 Å². The number of hydrogen-bond donors (Lipinski definition) is 2. The normalized spacial score (nSPS) is 17.8. The third kappa shape index (κ3) is 6.78. The van der Waals surface area contributed by atoms with Crippen molar-refractivity contribution in [3.8, 4) is 0 Å². The van der Waals surface area contributed by atoms with E-state index in [1.54, 1.807) is 12.4 Å². The lowest BCUT2D eigenvalue weighted by atomic mass is 9.83. The molecule has 33 heavy (non-hydrogen) atoms. The van der Waals surface area contributed by atoms with Gasteiger partial charge in [-0.1, -0.05) is 26.0 Å². The second kappa shape index (κ2) is 11.4. The zero-order chi connectivity index (χ0) is 23.2. The average molecular weight is 470 g/mol. The summed E-state index contributed by atoms with van der Waals surface area (Å²) in [6.07, 6.45) is 9.03. The first-order valence-electron chi connectivity index (χ1n) is 12.1. The highest BCUT2D eigenvalue weighted by molar-refractivity contribution is 8.00. The van der Waals surface area contributed by atoms with Gasteiger partial charge in [0.05, 0.1) is 24.0 Å². The van der Waals surface area contributed by atoms with Gasteiger partial charge in [0.25, 0.3) is 0 Å². The first kappa shape index (κ1) is 24.2. The Hall–Kier alpha value is -1.96. The number of hydrogen-bond acceptors (Lipinski definition) is 6. The SMILES string of the molecule is CC(C)c1cc([C@@H](CC2CCOCC2)C(=O)Nc2cnc(CCO)cn2)ccc1SC1CC1. The Morgan fingerprint density at radius 3 is 2.61 bits per heavy atom. The molecule has 0 radical (unpaired) electrons. The van der Waals surface area contributed by atoms with E-state index in [0.717, 1.165) is 43.3 Å². The number of aliphatic hydroxyl groups is 1. The zero-order valence-corrected chi connectivity index (χ0v) is 20.4. The van der Waals surface area contributed by atoms with Crippen LogP contribution in [0.2, 0.25) is 0 Å². The molecule has 1 amide bonds. The summed E-state index contributed by atoms with van der Waals surface area (Å²) in [7, 11) is 0. The quantitative estimate of drug-likeness (QED) is 0.513. The van der Waals surface area contributed by atoms with Crippen molar-refractivity contribution in [2.45, 2.75) is 74.4 Å². The van der Waals surface area contributed by atoms with Gasteiger partial charge in [-0.05, 0) is 61.1 Å². The van der Waals surface area contributed by atoms with E-state index in [9.17, 15) is 4.79 Å². The van der Waals surface area contributed by atoms with E-state index in [-0.39, 0.29) is 18.4 Å². The van der Waals surface area contributed by atoms with Crippen molar-refractivity contribution in [3.63, 3.8) is 0 Å². The smallest absolute Gasteiger partial charge is 0.233 e. The summed E-state index contributed by atoms with van der Waals surface area (Å²) in [5.41, 5.74) is 3.12. The van der Waals surface area contributed by atoms with Crippen LogP contribution >= 0.6 is 11.8 Å². The van der Waals surface area contributed by atoms with Crippen molar-refractivity contribution >= 4 is 23.5 Å². The number of amides is 1. The molecular weight excluding hydrogens is 434 g/mol. The lowest BCUT2D eigenvalue weighted by Gasteiger charge is -2.27. The Morgan fingerprint density at radius 1 is 1.18 bits per heavy atom. The topological polar surface area (TPSA) is 84.3 Å². The number of carbonyl (C=O) groups excluding carboxylic acids is 1. The molecule has 1 saturated carbocycles. The zero-order valence-electron chi connectivity index (χ0n) is 19.6. The van der Waals surface area contributed by atoms with Crippen LogP contribution in [-0.2, 0) is 16.0 Å².